The molecule has 3 heteroatoms. The predicted octanol–water partition coefficient (Wildman–Crippen LogP) is 3.61. The standard InChI is InChI=1S/C13H20BrNO/c1-2-3-4-7-16-10-12-6-5-11(9-15)8-13(12)14/h5-6,8H,2-4,7,9-10,15H2,1H3. The fourth-order valence-electron chi connectivity index (χ4n) is 1.47. The summed E-state index contributed by atoms with van der Waals surface area (Å²) >= 11 is 3.54. The van der Waals surface area contributed by atoms with E-state index in [0.717, 1.165) is 23.1 Å². The topological polar surface area (TPSA) is 35.2 Å². The largest absolute Gasteiger partial charge is 0.377 e. The Morgan fingerprint density at radius 3 is 2.75 bits per heavy atom. The zero-order valence-corrected chi connectivity index (χ0v) is 11.4. The molecule has 0 aromatic heterocycles. The van der Waals surface area contributed by atoms with Crippen LogP contribution in [0.3, 0.4) is 0 Å². The molecular formula is C13H20BrNO. The van der Waals surface area contributed by atoms with Crippen LogP contribution < -0.4 is 5.73 Å². The number of ether oxygens (including phenoxy) is 1. The summed E-state index contributed by atoms with van der Waals surface area (Å²) in [6.45, 7) is 4.30. The molecule has 1 rings (SSSR count). The zero-order chi connectivity index (χ0) is 11.8. The Morgan fingerprint density at radius 1 is 1.31 bits per heavy atom. The van der Waals surface area contributed by atoms with Crippen LogP contribution in [0.1, 0.15) is 37.3 Å². The number of hydrogen-bond donors (Lipinski definition) is 1. The van der Waals surface area contributed by atoms with Crippen molar-refractivity contribution in [1.29, 1.82) is 0 Å². The molecule has 0 heterocycles. The predicted molar refractivity (Wildman–Crippen MR) is 71.2 cm³/mol. The maximum atomic E-state index is 5.61. The third-order valence-corrected chi connectivity index (χ3v) is 3.24. The average molecular weight is 286 g/mol. The van der Waals surface area contributed by atoms with E-state index >= 15 is 0 Å². The molecule has 0 amide bonds. The van der Waals surface area contributed by atoms with Gasteiger partial charge in [0.1, 0.15) is 0 Å². The van der Waals surface area contributed by atoms with E-state index in [4.69, 9.17) is 10.5 Å². The minimum atomic E-state index is 0.580. The van der Waals surface area contributed by atoms with Gasteiger partial charge in [0.15, 0.2) is 0 Å². The Kier molecular flexibility index (Phi) is 6.69. The lowest BCUT2D eigenvalue weighted by Gasteiger charge is -2.07. The van der Waals surface area contributed by atoms with Gasteiger partial charge in [0.05, 0.1) is 6.61 Å². The van der Waals surface area contributed by atoms with E-state index in [9.17, 15) is 0 Å². The SMILES string of the molecule is CCCCCOCc1ccc(CN)cc1Br. The molecule has 0 aliphatic carbocycles. The number of benzene rings is 1. The van der Waals surface area contributed by atoms with Crippen molar-refractivity contribution < 1.29 is 4.74 Å². The molecule has 0 fully saturated rings. The van der Waals surface area contributed by atoms with Gasteiger partial charge in [-0.25, -0.2) is 0 Å². The van der Waals surface area contributed by atoms with Crippen LogP contribution in [-0.4, -0.2) is 6.61 Å². The molecule has 1 aromatic rings. The first-order valence-corrected chi connectivity index (χ1v) is 6.62. The van der Waals surface area contributed by atoms with Crippen LogP contribution in [0.25, 0.3) is 0 Å². The van der Waals surface area contributed by atoms with Gasteiger partial charge in [-0.15, -0.1) is 0 Å². The lowest BCUT2D eigenvalue weighted by atomic mass is 10.1. The summed E-state index contributed by atoms with van der Waals surface area (Å²) in [5.74, 6) is 0. The quantitative estimate of drug-likeness (QED) is 0.777. The molecule has 1 aromatic carbocycles. The summed E-state index contributed by atoms with van der Waals surface area (Å²) in [5.41, 5.74) is 7.90. The van der Waals surface area contributed by atoms with Crippen molar-refractivity contribution in [2.75, 3.05) is 6.61 Å². The molecule has 0 aliphatic heterocycles. The Hall–Kier alpha value is -0.380. The molecule has 2 N–H and O–H groups in total. The average Bonchev–Trinajstić information content (AvgIpc) is 2.30. The minimum Gasteiger partial charge on any atom is -0.377 e. The van der Waals surface area contributed by atoms with Gasteiger partial charge in [0.25, 0.3) is 0 Å². The molecule has 2 nitrogen and oxygen atoms in total. The van der Waals surface area contributed by atoms with E-state index in [1.54, 1.807) is 0 Å². The molecule has 90 valence electrons. The van der Waals surface area contributed by atoms with Crippen molar-refractivity contribution in [1.82, 2.24) is 0 Å². The molecule has 0 atom stereocenters. The minimum absolute atomic E-state index is 0.580. The van der Waals surface area contributed by atoms with Crippen LogP contribution in [0.4, 0.5) is 0 Å². The van der Waals surface area contributed by atoms with Crippen molar-refractivity contribution in [3.8, 4) is 0 Å². The first kappa shape index (κ1) is 13.7. The van der Waals surface area contributed by atoms with Crippen molar-refractivity contribution in [2.24, 2.45) is 5.73 Å². The van der Waals surface area contributed by atoms with E-state index in [1.807, 2.05) is 0 Å². The third-order valence-electron chi connectivity index (χ3n) is 2.50. The highest BCUT2D eigenvalue weighted by molar-refractivity contribution is 9.10. The normalized spacial score (nSPS) is 10.7. The smallest absolute Gasteiger partial charge is 0.0727 e. The molecule has 0 unspecified atom stereocenters. The fraction of sp³-hybridized carbons (Fsp3) is 0.538. The van der Waals surface area contributed by atoms with Crippen molar-refractivity contribution in [3.05, 3.63) is 33.8 Å². The summed E-state index contributed by atoms with van der Waals surface area (Å²) in [6.07, 6.45) is 3.63. The van der Waals surface area contributed by atoms with Gasteiger partial charge in [-0.2, -0.15) is 0 Å². The summed E-state index contributed by atoms with van der Waals surface area (Å²) in [6, 6.07) is 6.19. The van der Waals surface area contributed by atoms with Gasteiger partial charge in [-0.1, -0.05) is 47.8 Å². The van der Waals surface area contributed by atoms with Crippen molar-refractivity contribution in [3.63, 3.8) is 0 Å². The Morgan fingerprint density at radius 2 is 2.12 bits per heavy atom. The van der Waals surface area contributed by atoms with Crippen LogP contribution in [0.15, 0.2) is 22.7 Å². The van der Waals surface area contributed by atoms with Crippen LogP contribution in [0.5, 0.6) is 0 Å². The maximum absolute atomic E-state index is 5.61. The number of unbranched alkanes of at least 4 members (excludes halogenated alkanes) is 2. The van der Waals surface area contributed by atoms with E-state index in [0.29, 0.717) is 13.2 Å². The molecule has 0 radical (unpaired) electrons. The van der Waals surface area contributed by atoms with Gasteiger partial charge in [-0.3, -0.25) is 0 Å². The zero-order valence-electron chi connectivity index (χ0n) is 9.84. The lowest BCUT2D eigenvalue weighted by Crippen LogP contribution is -1.99. The number of halogens is 1. The van der Waals surface area contributed by atoms with Gasteiger partial charge in [0, 0.05) is 17.6 Å². The molecule has 0 saturated heterocycles. The third kappa shape index (κ3) is 4.64. The Balaban J connectivity index is 2.36. The van der Waals surface area contributed by atoms with E-state index < -0.39 is 0 Å². The second-order valence-electron chi connectivity index (χ2n) is 3.89. The monoisotopic (exact) mass is 285 g/mol. The Bertz CT molecular complexity index is 315. The van der Waals surface area contributed by atoms with Crippen LogP contribution in [-0.2, 0) is 17.9 Å². The summed E-state index contributed by atoms with van der Waals surface area (Å²) in [7, 11) is 0. The van der Waals surface area contributed by atoms with Crippen LogP contribution in [0, 0.1) is 0 Å². The van der Waals surface area contributed by atoms with E-state index in [1.165, 1.54) is 18.4 Å². The number of nitrogens with two attached hydrogens (primary N) is 1. The van der Waals surface area contributed by atoms with Gasteiger partial charge < -0.3 is 10.5 Å². The first-order valence-electron chi connectivity index (χ1n) is 5.83. The molecule has 0 saturated carbocycles. The summed E-state index contributed by atoms with van der Waals surface area (Å²) in [4.78, 5) is 0. The molecule has 0 spiro atoms. The van der Waals surface area contributed by atoms with E-state index in [2.05, 4.69) is 41.1 Å². The first-order chi connectivity index (χ1) is 7.77. The molecule has 16 heavy (non-hydrogen) atoms. The Labute approximate surface area is 106 Å². The van der Waals surface area contributed by atoms with E-state index in [-0.39, 0.29) is 0 Å². The van der Waals surface area contributed by atoms with Crippen LogP contribution >= 0.6 is 15.9 Å². The fourth-order valence-corrected chi connectivity index (χ4v) is 2.01. The highest BCUT2D eigenvalue weighted by Crippen LogP contribution is 2.19. The van der Waals surface area contributed by atoms with Crippen molar-refractivity contribution >= 4 is 15.9 Å². The van der Waals surface area contributed by atoms with Crippen molar-refractivity contribution in [2.45, 2.75) is 39.3 Å². The second kappa shape index (κ2) is 7.82. The summed E-state index contributed by atoms with van der Waals surface area (Å²) < 4.78 is 6.70. The molecule has 0 aliphatic rings. The summed E-state index contributed by atoms with van der Waals surface area (Å²) in [5, 5.41) is 0. The van der Waals surface area contributed by atoms with Gasteiger partial charge in [-0.05, 0) is 23.6 Å². The molecule has 0 bridgehead atoms. The second-order valence-corrected chi connectivity index (χ2v) is 4.74. The number of hydrogen-bond acceptors (Lipinski definition) is 2. The molecular weight excluding hydrogens is 266 g/mol. The lowest BCUT2D eigenvalue weighted by molar-refractivity contribution is 0.116. The number of rotatable bonds is 7. The highest BCUT2D eigenvalue weighted by Gasteiger charge is 2.01. The van der Waals surface area contributed by atoms with Gasteiger partial charge >= 0.3 is 0 Å². The van der Waals surface area contributed by atoms with Crippen LogP contribution in [0.2, 0.25) is 0 Å². The van der Waals surface area contributed by atoms with Gasteiger partial charge in [0.2, 0.25) is 0 Å². The highest BCUT2D eigenvalue weighted by atomic mass is 79.9. The maximum Gasteiger partial charge on any atom is 0.0727 e.